The Hall–Kier alpha value is -1.30. The van der Waals surface area contributed by atoms with Gasteiger partial charge in [-0.1, -0.05) is 6.92 Å². The van der Waals surface area contributed by atoms with Gasteiger partial charge in [0.2, 0.25) is 11.9 Å². The summed E-state index contributed by atoms with van der Waals surface area (Å²) in [5.74, 6) is 4.10. The normalized spacial score (nSPS) is 25.0. The molecule has 120 valence electrons. The zero-order valence-electron chi connectivity index (χ0n) is 13.1. The van der Waals surface area contributed by atoms with Gasteiger partial charge >= 0.3 is 0 Å². The summed E-state index contributed by atoms with van der Waals surface area (Å²) in [7, 11) is 0. The summed E-state index contributed by atoms with van der Waals surface area (Å²) in [5, 5.41) is 0. The summed E-state index contributed by atoms with van der Waals surface area (Å²) in [6, 6.07) is 1.86. The van der Waals surface area contributed by atoms with E-state index >= 15 is 0 Å². The van der Waals surface area contributed by atoms with Gasteiger partial charge in [-0.3, -0.25) is 4.79 Å². The van der Waals surface area contributed by atoms with E-state index in [1.807, 2.05) is 6.07 Å². The van der Waals surface area contributed by atoms with Gasteiger partial charge in [-0.2, -0.15) is 11.8 Å². The number of hydrogen-bond donors (Lipinski definition) is 0. The number of carbonyl (C=O) groups is 1. The van der Waals surface area contributed by atoms with Crippen molar-refractivity contribution in [2.75, 3.05) is 42.6 Å². The van der Waals surface area contributed by atoms with Crippen LogP contribution >= 0.6 is 11.8 Å². The Morgan fingerprint density at radius 2 is 1.86 bits per heavy atom. The van der Waals surface area contributed by atoms with Crippen molar-refractivity contribution in [2.45, 2.75) is 19.8 Å². The molecule has 2 fully saturated rings. The van der Waals surface area contributed by atoms with E-state index in [-0.39, 0.29) is 0 Å². The minimum atomic E-state index is 0.322. The number of nitrogens with zero attached hydrogens (tertiary/aromatic N) is 4. The number of amides is 1. The van der Waals surface area contributed by atoms with Crippen LogP contribution in [0.25, 0.3) is 0 Å². The summed E-state index contributed by atoms with van der Waals surface area (Å²) in [5.41, 5.74) is 0. The Bertz CT molecular complexity index is 482. The van der Waals surface area contributed by atoms with Crippen LogP contribution in [-0.2, 0) is 4.79 Å². The van der Waals surface area contributed by atoms with Gasteiger partial charge in [0.25, 0.3) is 0 Å². The molecule has 2 saturated heterocycles. The topological polar surface area (TPSA) is 49.3 Å². The number of thioether (sulfide) groups is 1. The second-order valence-electron chi connectivity index (χ2n) is 6.07. The molecule has 2 aliphatic rings. The highest BCUT2D eigenvalue weighted by Crippen LogP contribution is 2.32. The molecule has 22 heavy (non-hydrogen) atoms. The zero-order chi connectivity index (χ0) is 15.4. The molecule has 0 bridgehead atoms. The van der Waals surface area contributed by atoms with Crippen molar-refractivity contribution in [1.29, 1.82) is 0 Å². The first-order valence-corrected chi connectivity index (χ1v) is 9.31. The second kappa shape index (κ2) is 7.31. The quantitative estimate of drug-likeness (QED) is 0.848. The summed E-state index contributed by atoms with van der Waals surface area (Å²) >= 11 is 1.72. The molecule has 0 aliphatic carbocycles. The van der Waals surface area contributed by atoms with Crippen molar-refractivity contribution in [3.05, 3.63) is 18.5 Å². The molecule has 0 unspecified atom stereocenters. The number of rotatable bonds is 4. The van der Waals surface area contributed by atoms with Gasteiger partial charge in [0, 0.05) is 38.6 Å². The predicted octanol–water partition coefficient (Wildman–Crippen LogP) is 1.90. The molecule has 2 aliphatic heterocycles. The lowest BCUT2D eigenvalue weighted by molar-refractivity contribution is -0.127. The van der Waals surface area contributed by atoms with Crippen molar-refractivity contribution in [1.82, 2.24) is 14.9 Å². The van der Waals surface area contributed by atoms with Gasteiger partial charge in [0.05, 0.1) is 5.75 Å². The molecular weight excluding hydrogens is 296 g/mol. The molecule has 0 aromatic carbocycles. The molecular formula is C16H24N4OS. The van der Waals surface area contributed by atoms with Gasteiger partial charge < -0.3 is 9.80 Å². The van der Waals surface area contributed by atoms with Gasteiger partial charge in [-0.05, 0) is 36.5 Å². The van der Waals surface area contributed by atoms with Crippen LogP contribution in [0.5, 0.6) is 0 Å². The first-order valence-electron chi connectivity index (χ1n) is 8.15. The first-order chi connectivity index (χ1) is 10.8. The van der Waals surface area contributed by atoms with Crippen LogP contribution in [-0.4, -0.2) is 58.5 Å². The highest BCUT2D eigenvalue weighted by Gasteiger charge is 2.36. The largest absolute Gasteiger partial charge is 0.341 e. The molecule has 2 atom stereocenters. The van der Waals surface area contributed by atoms with E-state index in [2.05, 4.69) is 26.7 Å². The Morgan fingerprint density at radius 3 is 2.45 bits per heavy atom. The van der Waals surface area contributed by atoms with Crippen molar-refractivity contribution < 1.29 is 4.79 Å². The summed E-state index contributed by atoms with van der Waals surface area (Å²) < 4.78 is 0. The third-order valence-electron chi connectivity index (χ3n) is 4.73. The van der Waals surface area contributed by atoms with Crippen LogP contribution < -0.4 is 4.90 Å². The molecule has 1 amide bonds. The number of hydrogen-bond acceptors (Lipinski definition) is 5. The van der Waals surface area contributed by atoms with E-state index in [0.717, 1.165) is 50.7 Å². The molecule has 0 saturated carbocycles. The van der Waals surface area contributed by atoms with E-state index in [0.29, 0.717) is 23.5 Å². The summed E-state index contributed by atoms with van der Waals surface area (Å²) in [4.78, 5) is 25.3. The molecule has 0 radical (unpaired) electrons. The van der Waals surface area contributed by atoms with Crippen LogP contribution in [0.2, 0.25) is 0 Å². The highest BCUT2D eigenvalue weighted by molar-refractivity contribution is 7.99. The van der Waals surface area contributed by atoms with E-state index in [1.54, 1.807) is 24.2 Å². The molecule has 3 heterocycles. The predicted molar refractivity (Wildman–Crippen MR) is 90.0 cm³/mol. The minimum Gasteiger partial charge on any atom is -0.341 e. The van der Waals surface area contributed by atoms with Crippen molar-refractivity contribution in [2.24, 2.45) is 11.8 Å². The van der Waals surface area contributed by atoms with Crippen molar-refractivity contribution in [3.8, 4) is 0 Å². The highest BCUT2D eigenvalue weighted by atomic mass is 32.2. The third kappa shape index (κ3) is 3.54. The van der Waals surface area contributed by atoms with E-state index < -0.39 is 0 Å². The lowest BCUT2D eigenvalue weighted by Crippen LogP contribution is -2.32. The Balaban J connectivity index is 1.56. The van der Waals surface area contributed by atoms with E-state index in [9.17, 15) is 4.79 Å². The molecule has 5 nitrogen and oxygen atoms in total. The third-order valence-corrected chi connectivity index (χ3v) is 5.59. The van der Waals surface area contributed by atoms with Gasteiger partial charge in [-0.25, -0.2) is 9.97 Å². The van der Waals surface area contributed by atoms with Gasteiger partial charge in [-0.15, -0.1) is 0 Å². The molecule has 0 spiro atoms. The average molecular weight is 320 g/mol. The smallest absolute Gasteiger partial charge is 0.232 e. The van der Waals surface area contributed by atoms with Crippen molar-refractivity contribution in [3.63, 3.8) is 0 Å². The maximum absolute atomic E-state index is 12.2. The number of fused-ring (bicyclic) bond motifs is 1. The number of anilines is 1. The van der Waals surface area contributed by atoms with Crippen LogP contribution in [0, 0.1) is 11.8 Å². The van der Waals surface area contributed by atoms with Gasteiger partial charge in [0.15, 0.2) is 0 Å². The summed E-state index contributed by atoms with van der Waals surface area (Å²) in [6.45, 7) is 5.98. The Kier molecular flexibility index (Phi) is 5.18. The standard InChI is InChI=1S/C16H24N4OS/c1-2-22-12-15(21)20-10-13-4-8-19(9-5-14(13)11-20)16-17-6-3-7-18-16/h3,6-7,13-14H,2,4-5,8-12H2,1H3/t13-,14+. The zero-order valence-corrected chi connectivity index (χ0v) is 14.0. The number of aromatic nitrogens is 2. The Labute approximate surface area is 136 Å². The van der Waals surface area contributed by atoms with Crippen LogP contribution in [0.4, 0.5) is 5.95 Å². The van der Waals surface area contributed by atoms with Crippen LogP contribution in [0.3, 0.4) is 0 Å². The lowest BCUT2D eigenvalue weighted by Gasteiger charge is -2.22. The van der Waals surface area contributed by atoms with Crippen molar-refractivity contribution >= 4 is 23.6 Å². The molecule has 1 aromatic rings. The van der Waals surface area contributed by atoms with E-state index in [1.165, 1.54) is 0 Å². The van der Waals surface area contributed by atoms with Crippen LogP contribution in [0.15, 0.2) is 18.5 Å². The molecule has 1 aromatic heterocycles. The fourth-order valence-electron chi connectivity index (χ4n) is 3.49. The molecule has 6 heteroatoms. The van der Waals surface area contributed by atoms with Crippen LogP contribution in [0.1, 0.15) is 19.8 Å². The molecule has 0 N–H and O–H groups in total. The second-order valence-corrected chi connectivity index (χ2v) is 7.34. The first kappa shape index (κ1) is 15.6. The number of carbonyl (C=O) groups excluding carboxylic acids is 1. The maximum atomic E-state index is 12.2. The average Bonchev–Trinajstić information content (AvgIpc) is 2.87. The van der Waals surface area contributed by atoms with E-state index in [4.69, 9.17) is 0 Å². The van der Waals surface area contributed by atoms with Gasteiger partial charge in [0.1, 0.15) is 0 Å². The summed E-state index contributed by atoms with van der Waals surface area (Å²) in [6.07, 6.45) is 5.88. The Morgan fingerprint density at radius 1 is 1.23 bits per heavy atom. The monoisotopic (exact) mass is 320 g/mol. The fourth-order valence-corrected chi connectivity index (χ4v) is 4.05. The minimum absolute atomic E-state index is 0.322. The lowest BCUT2D eigenvalue weighted by atomic mass is 9.92. The SMILES string of the molecule is CCSCC(=O)N1C[C@H]2CCN(c3ncccn3)CC[C@H]2C1. The fraction of sp³-hybridized carbons (Fsp3) is 0.688. The number of likely N-dealkylation sites (tertiary alicyclic amines) is 1. The maximum Gasteiger partial charge on any atom is 0.232 e. The molecule has 3 rings (SSSR count).